The Hall–Kier alpha value is 0.773. The van der Waals surface area contributed by atoms with Crippen molar-refractivity contribution in [2.45, 2.75) is 46.2 Å². The topological polar surface area (TPSA) is 44.8 Å². The Morgan fingerprint density at radius 3 is 1.65 bits per heavy atom. The van der Waals surface area contributed by atoms with Crippen LogP contribution >= 0.6 is 5.96 Å². The fraction of sp³-hybridized carbons (Fsp3) is 0.889. The second-order valence-corrected chi connectivity index (χ2v) is 19.9. The van der Waals surface area contributed by atoms with Crippen LogP contribution in [0.5, 0.6) is 0 Å². The van der Waals surface area contributed by atoms with E-state index in [9.17, 15) is 4.79 Å². The number of carbonyl (C=O) groups excluding carboxylic acids is 1. The van der Waals surface area contributed by atoms with E-state index >= 15 is 0 Å². The molecule has 0 fully saturated rings. The molecule has 0 heterocycles. The summed E-state index contributed by atoms with van der Waals surface area (Å²) in [5, 5.41) is 0. The van der Waals surface area contributed by atoms with E-state index in [-0.39, 0.29) is 5.71 Å². The van der Waals surface area contributed by atoms with Gasteiger partial charge in [0, 0.05) is 0 Å². The van der Waals surface area contributed by atoms with E-state index in [1.165, 1.54) is 0 Å². The first-order valence-electron chi connectivity index (χ1n) is 5.58. The molecule has 0 N–H and O–H groups in total. The summed E-state index contributed by atoms with van der Waals surface area (Å²) in [6.45, 7) is 14.3. The molecule has 0 radical (unpaired) electrons. The van der Waals surface area contributed by atoms with Crippen molar-refractivity contribution in [1.82, 2.24) is 0 Å². The molecule has 0 aromatic heterocycles. The Kier molecular flexibility index (Phi) is 6.57. The van der Waals surface area contributed by atoms with Gasteiger partial charge in [-0.3, -0.25) is 0 Å². The number of hydrogen-bond donors (Lipinski definition) is 0. The summed E-state index contributed by atoms with van der Waals surface area (Å²) in [6.07, 6.45) is 0. The monoisotopic (exact) mass is 362 g/mol. The van der Waals surface area contributed by atoms with Crippen LogP contribution in [0.3, 0.4) is 0 Å². The van der Waals surface area contributed by atoms with E-state index in [0.29, 0.717) is 6.61 Å². The predicted molar refractivity (Wildman–Crippen MR) is 78.6 cm³/mol. The molecule has 0 saturated carbocycles. The van der Waals surface area contributed by atoms with E-state index in [1.807, 2.05) is 39.3 Å². The zero-order chi connectivity index (χ0) is 13.9. The average Bonchev–Trinajstić information content (AvgIpc) is 1.96. The molecule has 102 valence electrons. The average molecular weight is 361 g/mol. The van der Waals surface area contributed by atoms with Crippen LogP contribution in [0.4, 0.5) is 4.79 Å². The van der Waals surface area contributed by atoms with Crippen LogP contribution in [0.15, 0.2) is 0 Å². The summed E-state index contributed by atoms with van der Waals surface area (Å²) >= 11 is 2.85. The van der Waals surface area contributed by atoms with Crippen molar-refractivity contribution in [3.8, 4) is 0 Å². The van der Waals surface area contributed by atoms with Gasteiger partial charge in [0.2, 0.25) is 0 Å². The fourth-order valence-corrected chi connectivity index (χ4v) is 16.9. The van der Waals surface area contributed by atoms with Crippen molar-refractivity contribution in [2.75, 3.05) is 6.61 Å². The SMILES string of the molecule is CCOC(=O)P(=[Se])(O[Si](C)(C)C)O[Si](C)(C)C. The maximum absolute atomic E-state index is 12.0. The van der Waals surface area contributed by atoms with Crippen LogP contribution in [0.25, 0.3) is 0 Å². The molecular weight excluding hydrogens is 338 g/mol. The molecule has 0 aliphatic heterocycles. The van der Waals surface area contributed by atoms with E-state index in [1.54, 1.807) is 6.92 Å². The Bertz CT molecular complexity index is 302. The summed E-state index contributed by atoms with van der Waals surface area (Å²) in [5.41, 5.74) is -0.371. The minimum absolute atomic E-state index is 0.340. The second kappa shape index (κ2) is 6.28. The van der Waals surface area contributed by atoms with Gasteiger partial charge in [0.15, 0.2) is 0 Å². The molecule has 0 bridgehead atoms. The van der Waals surface area contributed by atoms with E-state index < -0.39 is 22.6 Å². The maximum atomic E-state index is 12.0. The predicted octanol–water partition coefficient (Wildman–Crippen LogP) is 3.78. The molecular formula is C9H23O4PSeSi2. The minimum atomic E-state index is -2.68. The summed E-state index contributed by atoms with van der Waals surface area (Å²) in [5.74, 6) is -2.68. The molecule has 0 rings (SSSR count). The Morgan fingerprint density at radius 1 is 1.06 bits per heavy atom. The zero-order valence-electron chi connectivity index (χ0n) is 11.7. The van der Waals surface area contributed by atoms with Gasteiger partial charge >= 0.3 is 114 Å². The van der Waals surface area contributed by atoms with Gasteiger partial charge in [-0.2, -0.15) is 0 Å². The molecule has 0 aliphatic rings. The number of rotatable bonds is 6. The van der Waals surface area contributed by atoms with Crippen molar-refractivity contribution >= 4 is 43.4 Å². The Balaban J connectivity index is 5.08. The van der Waals surface area contributed by atoms with E-state index in [2.05, 4.69) is 15.1 Å². The first kappa shape index (κ1) is 17.8. The first-order valence-corrected chi connectivity index (χ1v) is 16.2. The molecule has 0 atom stereocenters. The Morgan fingerprint density at radius 2 is 1.41 bits per heavy atom. The second-order valence-electron chi connectivity index (χ2n) is 5.60. The standard InChI is InChI=1S/C9H23O4PSeSi2/c1-8-11-9(10)14(15,12-16(2,3)4)13-17(5,6)7/h8H2,1-7H3. The van der Waals surface area contributed by atoms with Gasteiger partial charge in [0.1, 0.15) is 0 Å². The molecule has 0 amide bonds. The van der Waals surface area contributed by atoms with Crippen LogP contribution < -0.4 is 0 Å². The van der Waals surface area contributed by atoms with Gasteiger partial charge in [-0.15, -0.1) is 0 Å². The third-order valence-corrected chi connectivity index (χ3v) is 11.9. The van der Waals surface area contributed by atoms with Crippen molar-refractivity contribution in [1.29, 1.82) is 0 Å². The molecule has 0 unspecified atom stereocenters. The van der Waals surface area contributed by atoms with Crippen LogP contribution in [-0.4, -0.2) is 44.1 Å². The van der Waals surface area contributed by atoms with Gasteiger partial charge in [-0.25, -0.2) is 0 Å². The Labute approximate surface area is 114 Å². The zero-order valence-corrected chi connectivity index (χ0v) is 16.3. The third-order valence-electron chi connectivity index (χ3n) is 1.28. The summed E-state index contributed by atoms with van der Waals surface area (Å²) < 4.78 is 17.0. The third kappa shape index (κ3) is 7.72. The van der Waals surface area contributed by atoms with Gasteiger partial charge in [0.05, 0.1) is 0 Å². The molecule has 0 spiro atoms. The van der Waals surface area contributed by atoms with Gasteiger partial charge in [-0.05, 0) is 0 Å². The molecule has 0 aliphatic carbocycles. The van der Waals surface area contributed by atoms with Crippen molar-refractivity contribution < 1.29 is 18.0 Å². The molecule has 8 heteroatoms. The normalized spacial score (nSPS) is 13.6. The number of hydrogen-bond acceptors (Lipinski definition) is 4. The number of carbonyl (C=O) groups is 1. The molecule has 0 aromatic rings. The van der Waals surface area contributed by atoms with Crippen LogP contribution in [0, 0.1) is 0 Å². The van der Waals surface area contributed by atoms with Crippen LogP contribution in [0.1, 0.15) is 6.92 Å². The summed E-state index contributed by atoms with van der Waals surface area (Å²) in [4.78, 5) is 12.0. The molecule has 0 aromatic carbocycles. The fourth-order valence-electron chi connectivity index (χ4n) is 1.02. The van der Waals surface area contributed by atoms with Crippen molar-refractivity contribution in [3.63, 3.8) is 0 Å². The first-order chi connectivity index (χ1) is 7.40. The van der Waals surface area contributed by atoms with Crippen LogP contribution in [-0.2, 0) is 13.2 Å². The van der Waals surface area contributed by atoms with Crippen molar-refractivity contribution in [3.05, 3.63) is 0 Å². The van der Waals surface area contributed by atoms with Gasteiger partial charge in [-0.1, -0.05) is 0 Å². The molecule has 4 nitrogen and oxygen atoms in total. The quantitative estimate of drug-likeness (QED) is 0.534. The van der Waals surface area contributed by atoms with Gasteiger partial charge in [0.25, 0.3) is 0 Å². The molecule has 17 heavy (non-hydrogen) atoms. The summed E-state index contributed by atoms with van der Waals surface area (Å²) in [7, 11) is -3.74. The van der Waals surface area contributed by atoms with E-state index in [0.717, 1.165) is 0 Å². The molecule has 0 saturated heterocycles. The van der Waals surface area contributed by atoms with E-state index in [4.69, 9.17) is 13.2 Å². The number of ether oxygens (including phenoxy) is 1. The van der Waals surface area contributed by atoms with Gasteiger partial charge < -0.3 is 0 Å². The van der Waals surface area contributed by atoms with Crippen molar-refractivity contribution in [2.24, 2.45) is 0 Å². The summed E-state index contributed by atoms with van der Waals surface area (Å²) in [6, 6.07) is 0. The van der Waals surface area contributed by atoms with Crippen LogP contribution in [0.2, 0.25) is 39.3 Å².